The maximum Gasteiger partial charge on any atom is 0.416 e. The lowest BCUT2D eigenvalue weighted by Crippen LogP contribution is -2.16. The number of alkyl halides is 3. The molecule has 0 spiro atoms. The quantitative estimate of drug-likeness (QED) is 0.379. The molecule has 0 aliphatic heterocycles. The highest BCUT2D eigenvalue weighted by molar-refractivity contribution is 7.99. The predicted octanol–water partition coefficient (Wildman–Crippen LogP) is 6.55. The summed E-state index contributed by atoms with van der Waals surface area (Å²) in [5, 5.41) is 13.9. The molecule has 1 aliphatic rings. The number of hydrogen-bond donors (Lipinski definition) is 1. The van der Waals surface area contributed by atoms with Gasteiger partial charge in [0.2, 0.25) is 5.91 Å². The Hall–Kier alpha value is -2.04. The number of nitrogens with one attached hydrogen (secondary N) is 1. The van der Waals surface area contributed by atoms with E-state index in [-0.39, 0.29) is 16.5 Å². The average molecular weight is 515 g/mol. The Labute approximate surface area is 202 Å². The highest BCUT2D eigenvalue weighted by Crippen LogP contribution is 2.38. The maximum absolute atomic E-state index is 13.0. The molecule has 1 aliphatic carbocycles. The Kier molecular flexibility index (Phi) is 7.07. The van der Waals surface area contributed by atoms with Crippen molar-refractivity contribution in [3.8, 4) is 11.4 Å². The fourth-order valence-electron chi connectivity index (χ4n) is 3.86. The van der Waals surface area contributed by atoms with Gasteiger partial charge in [0.25, 0.3) is 0 Å². The van der Waals surface area contributed by atoms with E-state index in [4.69, 9.17) is 11.6 Å². The average Bonchev–Trinajstić information content (AvgIpc) is 3.35. The summed E-state index contributed by atoms with van der Waals surface area (Å²) in [5.41, 5.74) is 1.49. The molecule has 33 heavy (non-hydrogen) atoms. The molecular formula is C22H22ClF3N4OS2. The van der Waals surface area contributed by atoms with Crippen LogP contribution in [0.5, 0.6) is 0 Å². The fraction of sp³-hybridized carbons (Fsp3) is 0.409. The van der Waals surface area contributed by atoms with Gasteiger partial charge in [-0.15, -0.1) is 21.5 Å². The monoisotopic (exact) mass is 514 g/mol. The normalized spacial score (nSPS) is 16.0. The number of thioether (sulfide) groups is 1. The molecule has 0 radical (unpaired) electrons. The van der Waals surface area contributed by atoms with Crippen LogP contribution in [-0.4, -0.2) is 26.4 Å². The number of benzene rings is 1. The van der Waals surface area contributed by atoms with Gasteiger partial charge in [-0.05, 0) is 55.9 Å². The zero-order valence-corrected chi connectivity index (χ0v) is 20.4. The molecule has 11 heteroatoms. The summed E-state index contributed by atoms with van der Waals surface area (Å²) in [7, 11) is 0. The molecule has 176 valence electrons. The van der Waals surface area contributed by atoms with Gasteiger partial charge in [-0.1, -0.05) is 30.3 Å². The van der Waals surface area contributed by atoms with E-state index in [0.717, 1.165) is 48.8 Å². The van der Waals surface area contributed by atoms with Gasteiger partial charge >= 0.3 is 6.18 Å². The number of halogens is 4. The van der Waals surface area contributed by atoms with E-state index < -0.39 is 17.6 Å². The van der Waals surface area contributed by atoms with E-state index in [0.29, 0.717) is 17.6 Å². The highest BCUT2D eigenvalue weighted by Gasteiger charge is 2.31. The lowest BCUT2D eigenvalue weighted by atomic mass is 9.88. The zero-order valence-electron chi connectivity index (χ0n) is 18.0. The SMILES string of the molecule is CCn1c(SCC(=O)Nc2cc(C(F)(F)F)ccc2Cl)nnc1-c1csc2c1CCC(C)C2. The van der Waals surface area contributed by atoms with Gasteiger partial charge in [-0.2, -0.15) is 13.2 Å². The molecule has 0 saturated heterocycles. The van der Waals surface area contributed by atoms with Gasteiger partial charge in [0.05, 0.1) is 22.0 Å². The van der Waals surface area contributed by atoms with Crippen molar-refractivity contribution in [1.82, 2.24) is 14.8 Å². The second-order valence-corrected chi connectivity index (χ2v) is 10.3. The van der Waals surface area contributed by atoms with E-state index >= 15 is 0 Å². The minimum atomic E-state index is -4.52. The van der Waals surface area contributed by atoms with Gasteiger partial charge < -0.3 is 9.88 Å². The van der Waals surface area contributed by atoms with Crippen LogP contribution in [0.15, 0.2) is 28.7 Å². The maximum atomic E-state index is 13.0. The number of aromatic nitrogens is 3. The second kappa shape index (κ2) is 9.68. The number of carbonyl (C=O) groups is 1. The third kappa shape index (κ3) is 5.22. The van der Waals surface area contributed by atoms with Crippen LogP contribution in [0, 0.1) is 5.92 Å². The molecule has 0 bridgehead atoms. The highest BCUT2D eigenvalue weighted by atomic mass is 35.5. The second-order valence-electron chi connectivity index (χ2n) is 7.98. The van der Waals surface area contributed by atoms with Gasteiger partial charge in [0.15, 0.2) is 11.0 Å². The van der Waals surface area contributed by atoms with Crippen LogP contribution < -0.4 is 5.32 Å². The Balaban J connectivity index is 1.47. The van der Waals surface area contributed by atoms with E-state index in [2.05, 4.69) is 27.8 Å². The molecular weight excluding hydrogens is 493 g/mol. The van der Waals surface area contributed by atoms with Crippen molar-refractivity contribution in [2.45, 2.75) is 51.0 Å². The first-order chi connectivity index (χ1) is 15.7. The van der Waals surface area contributed by atoms with E-state index in [1.807, 2.05) is 11.5 Å². The fourth-order valence-corrected chi connectivity index (χ4v) is 6.07. The van der Waals surface area contributed by atoms with Crippen LogP contribution in [0.4, 0.5) is 18.9 Å². The van der Waals surface area contributed by atoms with Crippen LogP contribution in [-0.2, 0) is 30.4 Å². The topological polar surface area (TPSA) is 59.8 Å². The first-order valence-corrected chi connectivity index (χ1v) is 12.7. The molecule has 2 heterocycles. The summed E-state index contributed by atoms with van der Waals surface area (Å²) in [6, 6.07) is 2.83. The number of carbonyl (C=O) groups excluding carboxylic acids is 1. The third-order valence-electron chi connectivity index (χ3n) is 5.58. The molecule has 3 aromatic rings. The number of thiophene rings is 1. The Morgan fingerprint density at radius 2 is 2.15 bits per heavy atom. The number of anilines is 1. The van der Waals surface area contributed by atoms with Crippen molar-refractivity contribution in [3.63, 3.8) is 0 Å². The van der Waals surface area contributed by atoms with Gasteiger partial charge in [0, 0.05) is 22.4 Å². The summed E-state index contributed by atoms with van der Waals surface area (Å²) < 4.78 is 40.8. The predicted molar refractivity (Wildman–Crippen MR) is 126 cm³/mol. The molecule has 1 atom stereocenters. The molecule has 0 fully saturated rings. The standard InChI is InChI=1S/C22H22ClF3N4OS2/c1-3-30-20(15-10-32-18-8-12(2)4-6-14(15)18)28-29-21(30)33-11-19(31)27-17-9-13(22(24,25)26)5-7-16(17)23/h5,7,9-10,12H,3-4,6,8,11H2,1-2H3,(H,27,31). The van der Waals surface area contributed by atoms with E-state index in [1.165, 1.54) is 22.2 Å². The molecule has 2 aromatic heterocycles. The Morgan fingerprint density at radius 3 is 2.88 bits per heavy atom. The Bertz CT molecular complexity index is 1180. The smallest absolute Gasteiger partial charge is 0.324 e. The largest absolute Gasteiger partial charge is 0.416 e. The van der Waals surface area contributed by atoms with Crippen LogP contribution >= 0.6 is 34.7 Å². The van der Waals surface area contributed by atoms with Crippen molar-refractivity contribution in [3.05, 3.63) is 44.6 Å². The van der Waals surface area contributed by atoms with Gasteiger partial charge in [-0.25, -0.2) is 0 Å². The lowest BCUT2D eigenvalue weighted by Gasteiger charge is -2.19. The summed E-state index contributed by atoms with van der Waals surface area (Å²) >= 11 is 8.91. The molecule has 0 saturated carbocycles. The summed E-state index contributed by atoms with van der Waals surface area (Å²) in [5.74, 6) is 0.955. The molecule has 1 unspecified atom stereocenters. The molecule has 1 N–H and O–H groups in total. The van der Waals surface area contributed by atoms with Crippen molar-refractivity contribution in [2.24, 2.45) is 5.92 Å². The molecule has 4 rings (SSSR count). The minimum absolute atomic E-state index is 0.0377. The summed E-state index contributed by atoms with van der Waals surface area (Å²) in [4.78, 5) is 13.8. The van der Waals surface area contributed by atoms with Crippen molar-refractivity contribution in [1.29, 1.82) is 0 Å². The van der Waals surface area contributed by atoms with Gasteiger partial charge in [-0.3, -0.25) is 4.79 Å². The first-order valence-electron chi connectivity index (χ1n) is 10.5. The number of amides is 1. The van der Waals surface area contributed by atoms with Crippen molar-refractivity contribution < 1.29 is 18.0 Å². The lowest BCUT2D eigenvalue weighted by molar-refractivity contribution is -0.137. The molecule has 1 amide bonds. The summed E-state index contributed by atoms with van der Waals surface area (Å²) in [6.45, 7) is 4.89. The van der Waals surface area contributed by atoms with Crippen molar-refractivity contribution >= 4 is 46.3 Å². The summed E-state index contributed by atoms with van der Waals surface area (Å²) in [6.07, 6.45) is -1.27. The number of hydrogen-bond acceptors (Lipinski definition) is 5. The van der Waals surface area contributed by atoms with Crippen LogP contribution in [0.2, 0.25) is 5.02 Å². The zero-order chi connectivity index (χ0) is 23.8. The van der Waals surface area contributed by atoms with Crippen molar-refractivity contribution in [2.75, 3.05) is 11.1 Å². The van der Waals surface area contributed by atoms with Crippen LogP contribution in [0.25, 0.3) is 11.4 Å². The van der Waals surface area contributed by atoms with E-state index in [1.54, 1.807) is 11.3 Å². The first kappa shape index (κ1) is 24.1. The van der Waals surface area contributed by atoms with Crippen LogP contribution in [0.3, 0.4) is 0 Å². The number of nitrogens with zero attached hydrogens (tertiary/aromatic N) is 3. The number of rotatable bonds is 6. The third-order valence-corrected chi connectivity index (χ3v) is 7.92. The van der Waals surface area contributed by atoms with Crippen LogP contribution in [0.1, 0.15) is 36.3 Å². The molecule has 1 aromatic carbocycles. The van der Waals surface area contributed by atoms with Gasteiger partial charge in [0.1, 0.15) is 0 Å². The molecule has 5 nitrogen and oxygen atoms in total. The number of fused-ring (bicyclic) bond motifs is 1. The minimum Gasteiger partial charge on any atom is -0.324 e. The Morgan fingerprint density at radius 1 is 1.36 bits per heavy atom. The van der Waals surface area contributed by atoms with E-state index in [9.17, 15) is 18.0 Å².